The SMILES string of the molecule is CC(C)(C)c1ccc(C(=O)Nc2cccc(NS(=O)(=O)c3ccc(Br)cc3)c2)cc1. The van der Waals surface area contributed by atoms with Crippen molar-refractivity contribution in [2.24, 2.45) is 0 Å². The lowest BCUT2D eigenvalue weighted by atomic mass is 9.87. The van der Waals surface area contributed by atoms with Crippen LogP contribution in [-0.2, 0) is 15.4 Å². The molecule has 30 heavy (non-hydrogen) atoms. The predicted molar refractivity (Wildman–Crippen MR) is 124 cm³/mol. The summed E-state index contributed by atoms with van der Waals surface area (Å²) >= 11 is 3.29. The Labute approximate surface area is 185 Å². The van der Waals surface area contributed by atoms with Crippen LogP contribution in [0.5, 0.6) is 0 Å². The number of hydrogen-bond donors (Lipinski definition) is 2. The summed E-state index contributed by atoms with van der Waals surface area (Å²) < 4.78 is 28.5. The van der Waals surface area contributed by atoms with Crippen LogP contribution in [0.4, 0.5) is 11.4 Å². The van der Waals surface area contributed by atoms with Crippen LogP contribution in [0.2, 0.25) is 0 Å². The van der Waals surface area contributed by atoms with E-state index in [-0.39, 0.29) is 16.2 Å². The van der Waals surface area contributed by atoms with Gasteiger partial charge in [0.05, 0.1) is 10.6 Å². The maximum absolute atomic E-state index is 12.6. The summed E-state index contributed by atoms with van der Waals surface area (Å²) in [5, 5.41) is 2.81. The Morgan fingerprint density at radius 1 is 0.867 bits per heavy atom. The van der Waals surface area contributed by atoms with E-state index in [0.29, 0.717) is 16.9 Å². The Bertz CT molecular complexity index is 1150. The molecule has 0 saturated heterocycles. The molecular formula is C23H23BrN2O3S. The van der Waals surface area contributed by atoms with Crippen molar-refractivity contribution in [2.45, 2.75) is 31.1 Å². The van der Waals surface area contributed by atoms with Gasteiger partial charge in [-0.1, -0.05) is 54.9 Å². The molecule has 3 aromatic carbocycles. The summed E-state index contributed by atoms with van der Waals surface area (Å²) in [7, 11) is -3.73. The highest BCUT2D eigenvalue weighted by atomic mass is 79.9. The summed E-state index contributed by atoms with van der Waals surface area (Å²) in [6.07, 6.45) is 0. The molecule has 0 aromatic heterocycles. The van der Waals surface area contributed by atoms with Crippen LogP contribution >= 0.6 is 15.9 Å². The van der Waals surface area contributed by atoms with E-state index in [2.05, 4.69) is 46.7 Å². The topological polar surface area (TPSA) is 75.3 Å². The fourth-order valence-electron chi connectivity index (χ4n) is 2.81. The van der Waals surface area contributed by atoms with Crippen molar-refractivity contribution >= 4 is 43.2 Å². The van der Waals surface area contributed by atoms with Crippen molar-refractivity contribution < 1.29 is 13.2 Å². The van der Waals surface area contributed by atoms with Gasteiger partial charge in [0.1, 0.15) is 0 Å². The van der Waals surface area contributed by atoms with E-state index >= 15 is 0 Å². The molecule has 0 fully saturated rings. The Hall–Kier alpha value is -2.64. The van der Waals surface area contributed by atoms with Gasteiger partial charge in [-0.05, 0) is 65.6 Å². The normalized spacial score (nSPS) is 11.7. The summed E-state index contributed by atoms with van der Waals surface area (Å²) in [5.74, 6) is -0.261. The average molecular weight is 487 g/mol. The van der Waals surface area contributed by atoms with E-state index in [1.165, 1.54) is 12.1 Å². The second kappa shape index (κ2) is 8.62. The summed E-state index contributed by atoms with van der Waals surface area (Å²) in [6, 6.07) is 20.4. The molecule has 0 unspecified atom stereocenters. The second-order valence-corrected chi connectivity index (χ2v) is 10.5. The van der Waals surface area contributed by atoms with Gasteiger partial charge in [-0.25, -0.2) is 8.42 Å². The molecule has 5 nitrogen and oxygen atoms in total. The van der Waals surface area contributed by atoms with Crippen LogP contribution in [-0.4, -0.2) is 14.3 Å². The third-order valence-corrected chi connectivity index (χ3v) is 6.44. The van der Waals surface area contributed by atoms with E-state index in [1.54, 1.807) is 48.5 Å². The number of anilines is 2. The van der Waals surface area contributed by atoms with E-state index in [0.717, 1.165) is 10.0 Å². The molecule has 2 N–H and O–H groups in total. The first-order valence-electron chi connectivity index (χ1n) is 9.35. The fourth-order valence-corrected chi connectivity index (χ4v) is 4.13. The predicted octanol–water partition coefficient (Wildman–Crippen LogP) is 5.80. The third kappa shape index (κ3) is 5.49. The number of carbonyl (C=O) groups excluding carboxylic acids is 1. The number of hydrogen-bond acceptors (Lipinski definition) is 3. The zero-order valence-corrected chi connectivity index (χ0v) is 19.3. The number of halogens is 1. The maximum Gasteiger partial charge on any atom is 0.261 e. The highest BCUT2D eigenvalue weighted by Gasteiger charge is 2.16. The number of nitrogens with one attached hydrogen (secondary N) is 2. The molecule has 0 aliphatic rings. The van der Waals surface area contributed by atoms with Crippen molar-refractivity contribution in [3.8, 4) is 0 Å². The lowest BCUT2D eigenvalue weighted by Gasteiger charge is -2.19. The molecular weight excluding hydrogens is 464 g/mol. The van der Waals surface area contributed by atoms with Crippen LogP contribution in [0.15, 0.2) is 82.2 Å². The third-order valence-electron chi connectivity index (χ3n) is 4.51. The van der Waals surface area contributed by atoms with Gasteiger partial charge in [0.2, 0.25) is 0 Å². The van der Waals surface area contributed by atoms with Crippen LogP contribution in [0.3, 0.4) is 0 Å². The van der Waals surface area contributed by atoms with Crippen molar-refractivity contribution in [3.63, 3.8) is 0 Å². The Morgan fingerprint density at radius 2 is 1.47 bits per heavy atom. The van der Waals surface area contributed by atoms with E-state index in [9.17, 15) is 13.2 Å². The van der Waals surface area contributed by atoms with E-state index in [4.69, 9.17) is 0 Å². The standard InChI is InChI=1S/C23H23BrN2O3S/c1-23(2,3)17-9-7-16(8-10-17)22(27)25-19-5-4-6-20(15-19)26-30(28,29)21-13-11-18(24)12-14-21/h4-15,26H,1-3H3,(H,25,27). The van der Waals surface area contributed by atoms with Crippen molar-refractivity contribution in [1.29, 1.82) is 0 Å². The minimum absolute atomic E-state index is 0.00926. The number of amides is 1. The van der Waals surface area contributed by atoms with Gasteiger partial charge in [-0.15, -0.1) is 0 Å². The first-order chi connectivity index (χ1) is 14.0. The molecule has 1 amide bonds. The molecule has 0 heterocycles. The first-order valence-corrected chi connectivity index (χ1v) is 11.6. The van der Waals surface area contributed by atoms with Gasteiger partial charge >= 0.3 is 0 Å². The largest absolute Gasteiger partial charge is 0.322 e. The minimum Gasteiger partial charge on any atom is -0.322 e. The zero-order valence-electron chi connectivity index (χ0n) is 16.9. The zero-order chi connectivity index (χ0) is 21.9. The van der Waals surface area contributed by atoms with Crippen LogP contribution in [0.1, 0.15) is 36.7 Å². The summed E-state index contributed by atoms with van der Waals surface area (Å²) in [6.45, 7) is 6.34. The number of benzene rings is 3. The quantitative estimate of drug-likeness (QED) is 0.478. The number of sulfonamides is 1. The monoisotopic (exact) mass is 486 g/mol. The van der Waals surface area contributed by atoms with Crippen molar-refractivity contribution in [2.75, 3.05) is 10.0 Å². The van der Waals surface area contributed by atoms with Gasteiger partial charge in [0, 0.05) is 15.7 Å². The van der Waals surface area contributed by atoms with Gasteiger partial charge in [0.15, 0.2) is 0 Å². The lowest BCUT2D eigenvalue weighted by molar-refractivity contribution is 0.102. The number of rotatable bonds is 5. The van der Waals surface area contributed by atoms with Gasteiger partial charge < -0.3 is 5.32 Å². The molecule has 0 bridgehead atoms. The van der Waals surface area contributed by atoms with E-state index in [1.807, 2.05) is 12.1 Å². The first kappa shape index (κ1) is 22.1. The summed E-state index contributed by atoms with van der Waals surface area (Å²) in [5.41, 5.74) is 2.54. The lowest BCUT2D eigenvalue weighted by Crippen LogP contribution is -2.15. The highest BCUT2D eigenvalue weighted by Crippen LogP contribution is 2.24. The van der Waals surface area contributed by atoms with Gasteiger partial charge in [-0.2, -0.15) is 0 Å². The van der Waals surface area contributed by atoms with Crippen molar-refractivity contribution in [1.82, 2.24) is 0 Å². The fraction of sp³-hybridized carbons (Fsp3) is 0.174. The molecule has 156 valence electrons. The van der Waals surface area contributed by atoms with E-state index < -0.39 is 10.0 Å². The van der Waals surface area contributed by atoms with Gasteiger partial charge in [-0.3, -0.25) is 9.52 Å². The molecule has 0 aliphatic carbocycles. The highest BCUT2D eigenvalue weighted by molar-refractivity contribution is 9.10. The molecule has 0 saturated carbocycles. The van der Waals surface area contributed by atoms with Crippen LogP contribution in [0, 0.1) is 0 Å². The molecule has 0 spiro atoms. The second-order valence-electron chi connectivity index (χ2n) is 7.92. The molecule has 0 atom stereocenters. The van der Waals surface area contributed by atoms with Crippen LogP contribution in [0.25, 0.3) is 0 Å². The Kier molecular flexibility index (Phi) is 6.33. The molecule has 3 rings (SSSR count). The average Bonchev–Trinajstić information content (AvgIpc) is 2.67. The minimum atomic E-state index is -3.73. The Morgan fingerprint density at radius 3 is 2.07 bits per heavy atom. The molecule has 3 aromatic rings. The van der Waals surface area contributed by atoms with Crippen LogP contribution < -0.4 is 10.0 Å². The molecule has 7 heteroatoms. The Balaban J connectivity index is 1.74. The van der Waals surface area contributed by atoms with Gasteiger partial charge in [0.25, 0.3) is 15.9 Å². The molecule has 0 radical (unpaired) electrons. The van der Waals surface area contributed by atoms with Crippen molar-refractivity contribution in [3.05, 3.63) is 88.4 Å². The maximum atomic E-state index is 12.6. The smallest absolute Gasteiger partial charge is 0.261 e. The summed E-state index contributed by atoms with van der Waals surface area (Å²) in [4.78, 5) is 12.7. The number of carbonyl (C=O) groups is 1. The molecule has 0 aliphatic heterocycles.